The lowest BCUT2D eigenvalue weighted by Gasteiger charge is -1.98. The number of carboxylic acids is 1. The number of carbonyl (C=O) groups is 1. The Kier molecular flexibility index (Phi) is 2.97. The van der Waals surface area contributed by atoms with E-state index in [-0.39, 0.29) is 5.56 Å². The van der Waals surface area contributed by atoms with Gasteiger partial charge in [-0.1, -0.05) is 24.3 Å². The van der Waals surface area contributed by atoms with E-state index >= 15 is 0 Å². The highest BCUT2D eigenvalue weighted by molar-refractivity contribution is 5.93. The number of hydrogen-bond donors (Lipinski definition) is 1. The Balaban J connectivity index is 3.11. The van der Waals surface area contributed by atoms with Gasteiger partial charge in [-0.3, -0.25) is 4.79 Å². The molecule has 0 heterocycles. The Labute approximate surface area is 75.3 Å². The molecule has 0 saturated carbocycles. The van der Waals surface area contributed by atoms with E-state index in [4.69, 9.17) is 5.11 Å². The van der Waals surface area contributed by atoms with Gasteiger partial charge in [-0.25, -0.2) is 4.79 Å². The fraction of sp³-hybridized carbons (Fsp3) is 0. The summed E-state index contributed by atoms with van der Waals surface area (Å²) in [4.78, 5) is 20.6. The van der Waals surface area contributed by atoms with E-state index in [0.717, 1.165) is 6.08 Å². The molecule has 0 spiro atoms. The molecular formula is C10H7O3. The Bertz CT molecular complexity index is 353. The van der Waals surface area contributed by atoms with E-state index in [1.165, 1.54) is 12.1 Å². The molecule has 0 aliphatic rings. The molecule has 0 saturated heterocycles. The van der Waals surface area contributed by atoms with E-state index in [1.54, 1.807) is 24.5 Å². The van der Waals surface area contributed by atoms with Gasteiger partial charge in [0.25, 0.3) is 0 Å². The molecule has 0 aliphatic heterocycles. The maximum Gasteiger partial charge on any atom is 0.336 e. The van der Waals surface area contributed by atoms with Gasteiger partial charge >= 0.3 is 5.97 Å². The summed E-state index contributed by atoms with van der Waals surface area (Å²) in [5.41, 5.74) is 0.673. The van der Waals surface area contributed by atoms with Crippen molar-refractivity contribution in [3.8, 4) is 0 Å². The first kappa shape index (κ1) is 9.19. The molecule has 3 nitrogen and oxygen atoms in total. The Morgan fingerprint density at radius 2 is 2.08 bits per heavy atom. The van der Waals surface area contributed by atoms with Crippen LogP contribution in [0.5, 0.6) is 0 Å². The lowest BCUT2D eigenvalue weighted by Crippen LogP contribution is -1.98. The van der Waals surface area contributed by atoms with Crippen molar-refractivity contribution in [2.24, 2.45) is 0 Å². The van der Waals surface area contributed by atoms with Gasteiger partial charge in [-0.2, -0.15) is 0 Å². The molecule has 0 fully saturated rings. The second-order valence-electron chi connectivity index (χ2n) is 2.34. The molecule has 65 valence electrons. The van der Waals surface area contributed by atoms with Gasteiger partial charge in [0.05, 0.1) is 5.56 Å². The summed E-state index contributed by atoms with van der Waals surface area (Å²) >= 11 is 0. The van der Waals surface area contributed by atoms with Gasteiger partial charge in [0, 0.05) is 0 Å². The van der Waals surface area contributed by atoms with Crippen molar-refractivity contribution >= 4 is 18.3 Å². The molecule has 1 radical (unpaired) electrons. The highest BCUT2D eigenvalue weighted by Crippen LogP contribution is 2.09. The van der Waals surface area contributed by atoms with Crippen LogP contribution in [0.3, 0.4) is 0 Å². The minimum absolute atomic E-state index is 0.175. The zero-order valence-corrected chi connectivity index (χ0v) is 6.73. The summed E-state index contributed by atoms with van der Waals surface area (Å²) in [6.07, 6.45) is 4.11. The van der Waals surface area contributed by atoms with Crippen molar-refractivity contribution in [3.05, 3.63) is 41.5 Å². The lowest BCUT2D eigenvalue weighted by atomic mass is 10.1. The lowest BCUT2D eigenvalue weighted by molar-refractivity contribution is 0.0696. The van der Waals surface area contributed by atoms with Crippen molar-refractivity contribution in [2.45, 2.75) is 0 Å². The first-order chi connectivity index (χ1) is 6.25. The molecule has 1 rings (SSSR count). The fourth-order valence-corrected chi connectivity index (χ4v) is 0.961. The number of aromatic carboxylic acids is 1. The van der Waals surface area contributed by atoms with Crippen LogP contribution in [-0.2, 0) is 4.79 Å². The zero-order valence-electron chi connectivity index (χ0n) is 6.73. The van der Waals surface area contributed by atoms with Crippen molar-refractivity contribution in [1.82, 2.24) is 0 Å². The average molecular weight is 175 g/mol. The minimum Gasteiger partial charge on any atom is -0.478 e. The fourth-order valence-electron chi connectivity index (χ4n) is 0.961. The maximum absolute atomic E-state index is 10.7. The molecular weight excluding hydrogens is 168 g/mol. The second-order valence-corrected chi connectivity index (χ2v) is 2.34. The number of hydrogen-bond acceptors (Lipinski definition) is 2. The third-order valence-electron chi connectivity index (χ3n) is 1.52. The van der Waals surface area contributed by atoms with E-state index in [9.17, 15) is 9.59 Å². The Hall–Kier alpha value is -1.90. The third kappa shape index (κ3) is 2.27. The predicted molar refractivity (Wildman–Crippen MR) is 48.1 cm³/mol. The molecule has 1 N–H and O–H groups in total. The van der Waals surface area contributed by atoms with Gasteiger partial charge in [-0.05, 0) is 17.7 Å². The summed E-state index contributed by atoms with van der Waals surface area (Å²) in [6.45, 7) is 0. The highest BCUT2D eigenvalue weighted by atomic mass is 16.4. The van der Waals surface area contributed by atoms with Gasteiger partial charge in [-0.15, -0.1) is 0 Å². The van der Waals surface area contributed by atoms with E-state index < -0.39 is 5.97 Å². The molecule has 0 atom stereocenters. The Morgan fingerprint density at radius 1 is 1.38 bits per heavy atom. The van der Waals surface area contributed by atoms with Crippen LogP contribution in [-0.4, -0.2) is 17.4 Å². The van der Waals surface area contributed by atoms with Gasteiger partial charge in [0.15, 0.2) is 0 Å². The monoisotopic (exact) mass is 175 g/mol. The number of benzene rings is 1. The standard InChI is InChI=1S/C10H7O3/c11-7-3-5-8-4-1-2-6-9(8)10(12)13/h1-6H,(H,12,13)/b5-3+. The van der Waals surface area contributed by atoms with Crippen molar-refractivity contribution in [3.63, 3.8) is 0 Å². The van der Waals surface area contributed by atoms with Crippen LogP contribution in [0.2, 0.25) is 0 Å². The molecule has 3 heteroatoms. The van der Waals surface area contributed by atoms with E-state index in [0.29, 0.717) is 5.56 Å². The van der Waals surface area contributed by atoms with Crippen LogP contribution in [0, 0.1) is 0 Å². The van der Waals surface area contributed by atoms with Crippen LogP contribution >= 0.6 is 0 Å². The average Bonchev–Trinajstić information content (AvgIpc) is 2.15. The maximum atomic E-state index is 10.7. The first-order valence-corrected chi connectivity index (χ1v) is 3.62. The van der Waals surface area contributed by atoms with Crippen molar-refractivity contribution in [1.29, 1.82) is 0 Å². The van der Waals surface area contributed by atoms with Crippen LogP contribution in [0.25, 0.3) is 6.08 Å². The molecule has 0 bridgehead atoms. The SMILES string of the molecule is O=[C]/C=C/c1ccccc1C(=O)O. The number of allylic oxidation sites excluding steroid dienone is 1. The van der Waals surface area contributed by atoms with Gasteiger partial charge < -0.3 is 5.11 Å². The molecule has 0 unspecified atom stereocenters. The van der Waals surface area contributed by atoms with Crippen molar-refractivity contribution < 1.29 is 14.7 Å². The zero-order chi connectivity index (χ0) is 9.68. The van der Waals surface area contributed by atoms with E-state index in [2.05, 4.69) is 0 Å². The largest absolute Gasteiger partial charge is 0.478 e. The molecule has 13 heavy (non-hydrogen) atoms. The smallest absolute Gasteiger partial charge is 0.336 e. The molecule has 0 amide bonds. The molecule has 1 aromatic carbocycles. The summed E-state index contributed by atoms with van der Waals surface area (Å²) in [7, 11) is 0. The van der Waals surface area contributed by atoms with Gasteiger partial charge in [0.2, 0.25) is 6.29 Å². The topological polar surface area (TPSA) is 54.4 Å². The van der Waals surface area contributed by atoms with Crippen LogP contribution in [0.15, 0.2) is 30.3 Å². The molecule has 0 aromatic heterocycles. The Morgan fingerprint density at radius 3 is 2.69 bits per heavy atom. The molecule has 0 aliphatic carbocycles. The van der Waals surface area contributed by atoms with E-state index in [1.807, 2.05) is 0 Å². The predicted octanol–water partition coefficient (Wildman–Crippen LogP) is 1.51. The van der Waals surface area contributed by atoms with Crippen LogP contribution < -0.4 is 0 Å². The van der Waals surface area contributed by atoms with Crippen molar-refractivity contribution in [2.75, 3.05) is 0 Å². The summed E-state index contributed by atoms with van der Waals surface area (Å²) in [5, 5.41) is 8.73. The number of carboxylic acid groups (broad SMARTS) is 1. The quantitative estimate of drug-likeness (QED) is 0.708. The van der Waals surface area contributed by atoms with Crippen LogP contribution in [0.4, 0.5) is 0 Å². The van der Waals surface area contributed by atoms with Gasteiger partial charge in [0.1, 0.15) is 0 Å². The third-order valence-corrected chi connectivity index (χ3v) is 1.52. The number of rotatable bonds is 3. The first-order valence-electron chi connectivity index (χ1n) is 3.62. The summed E-state index contributed by atoms with van der Waals surface area (Å²) in [6, 6.07) is 6.44. The summed E-state index contributed by atoms with van der Waals surface area (Å²) in [5.74, 6) is -1.01. The number of carbonyl (C=O) groups excluding carboxylic acids is 1. The van der Waals surface area contributed by atoms with Crippen LogP contribution in [0.1, 0.15) is 15.9 Å². The minimum atomic E-state index is -1.01. The normalized spacial score (nSPS) is 10.2. The molecule has 1 aromatic rings. The highest BCUT2D eigenvalue weighted by Gasteiger charge is 2.05. The summed E-state index contributed by atoms with van der Waals surface area (Å²) < 4.78 is 0. The second kappa shape index (κ2) is 4.21.